The van der Waals surface area contributed by atoms with E-state index in [9.17, 15) is 10.0 Å². The Kier molecular flexibility index (Phi) is 4.16. The molecule has 0 spiro atoms. The van der Waals surface area contributed by atoms with Gasteiger partial charge < -0.3 is 14.5 Å². The van der Waals surface area contributed by atoms with E-state index in [-0.39, 0.29) is 0 Å². The molecule has 104 valence electrons. The quantitative estimate of drug-likeness (QED) is 0.835. The fourth-order valence-corrected chi connectivity index (χ4v) is 2.34. The summed E-state index contributed by atoms with van der Waals surface area (Å²) in [4.78, 5) is 0. The van der Waals surface area contributed by atoms with Gasteiger partial charge in [0.05, 0.1) is 0 Å². The van der Waals surface area contributed by atoms with Crippen molar-refractivity contribution in [3.05, 3.63) is 46.5 Å². The molecule has 0 saturated carbocycles. The average molecular weight is 270 g/mol. The van der Waals surface area contributed by atoms with Gasteiger partial charge in [-0.05, 0) is 18.4 Å². The minimum atomic E-state index is -1.59. The third-order valence-electron chi connectivity index (χ3n) is 3.36. The highest BCUT2D eigenvalue weighted by Gasteiger charge is 2.17. The zero-order chi connectivity index (χ0) is 14.9. The maximum atomic E-state index is 9.50. The summed E-state index contributed by atoms with van der Waals surface area (Å²) in [7, 11) is -1.59. The van der Waals surface area contributed by atoms with Crippen molar-refractivity contribution in [2.45, 2.75) is 26.7 Å². The molecule has 0 radical (unpaired) electrons. The minimum Gasteiger partial charge on any atom is -0.456 e. The van der Waals surface area contributed by atoms with Crippen molar-refractivity contribution in [3.8, 4) is 0 Å². The van der Waals surface area contributed by atoms with Gasteiger partial charge in [-0.15, -0.1) is 0 Å². The van der Waals surface area contributed by atoms with Crippen LogP contribution in [-0.2, 0) is 0 Å². The van der Waals surface area contributed by atoms with Gasteiger partial charge in [-0.25, -0.2) is 0 Å². The standard InChI is InChI=1S/C16H19BO3/c1-5-7-14(17(18)19)15-11(4)13-9-6-8-12(10(2)3)16(13)20-15/h5-10,18-19H,4H2,1-3H3/b7-5-,15-14-. The molecule has 2 aromatic rings. The topological polar surface area (TPSA) is 53.6 Å². The maximum absolute atomic E-state index is 9.50. The molecule has 0 aliphatic heterocycles. The van der Waals surface area contributed by atoms with Crippen molar-refractivity contribution in [2.75, 3.05) is 0 Å². The molecule has 1 heterocycles. The van der Waals surface area contributed by atoms with Crippen LogP contribution < -0.4 is 10.6 Å². The highest BCUT2D eigenvalue weighted by atomic mass is 16.4. The second-order valence-electron chi connectivity index (χ2n) is 5.12. The fourth-order valence-electron chi connectivity index (χ4n) is 2.34. The van der Waals surface area contributed by atoms with Crippen molar-refractivity contribution >= 4 is 30.1 Å². The van der Waals surface area contributed by atoms with Crippen molar-refractivity contribution in [3.63, 3.8) is 0 Å². The van der Waals surface area contributed by atoms with Crippen molar-refractivity contribution in [2.24, 2.45) is 0 Å². The van der Waals surface area contributed by atoms with Gasteiger partial charge in [0.1, 0.15) is 11.0 Å². The summed E-state index contributed by atoms with van der Waals surface area (Å²) in [5.41, 5.74) is 2.61. The summed E-state index contributed by atoms with van der Waals surface area (Å²) in [6.45, 7) is 10.0. The van der Waals surface area contributed by atoms with Crippen LogP contribution in [-0.4, -0.2) is 17.2 Å². The first-order valence-corrected chi connectivity index (χ1v) is 6.70. The van der Waals surface area contributed by atoms with Crippen LogP contribution in [0.5, 0.6) is 0 Å². The number of para-hydroxylation sites is 1. The molecule has 0 saturated heterocycles. The smallest absolute Gasteiger partial charge is 0.456 e. The van der Waals surface area contributed by atoms with E-state index in [1.54, 1.807) is 12.2 Å². The van der Waals surface area contributed by atoms with E-state index in [2.05, 4.69) is 20.4 Å². The van der Waals surface area contributed by atoms with Gasteiger partial charge in [-0.2, -0.15) is 0 Å². The lowest BCUT2D eigenvalue weighted by Crippen LogP contribution is -2.28. The Morgan fingerprint density at radius 3 is 2.60 bits per heavy atom. The largest absolute Gasteiger partial charge is 0.492 e. The monoisotopic (exact) mass is 270 g/mol. The minimum absolute atomic E-state index is 0.321. The third kappa shape index (κ3) is 2.44. The van der Waals surface area contributed by atoms with E-state index >= 15 is 0 Å². The zero-order valence-corrected chi connectivity index (χ0v) is 12.1. The zero-order valence-electron chi connectivity index (χ0n) is 12.1. The van der Waals surface area contributed by atoms with E-state index in [4.69, 9.17) is 4.42 Å². The average Bonchev–Trinajstić information content (AvgIpc) is 2.73. The predicted octanol–water partition coefficient (Wildman–Crippen LogP) is 1.71. The molecule has 3 nitrogen and oxygen atoms in total. The SMILES string of the molecule is C=c1/c(=C(\C=C/C)B(O)O)oc2c(C(C)C)cccc12. The van der Waals surface area contributed by atoms with E-state index in [1.165, 1.54) is 0 Å². The number of furan rings is 1. The van der Waals surface area contributed by atoms with Crippen LogP contribution in [0, 0.1) is 0 Å². The Bertz CT molecular complexity index is 754. The van der Waals surface area contributed by atoms with Crippen LogP contribution in [0.25, 0.3) is 23.0 Å². The van der Waals surface area contributed by atoms with Crippen LogP contribution in [0.15, 0.2) is 34.8 Å². The number of hydrogen-bond donors (Lipinski definition) is 2. The molecule has 0 atom stereocenters. The van der Waals surface area contributed by atoms with Crippen LogP contribution in [0.3, 0.4) is 0 Å². The van der Waals surface area contributed by atoms with E-state index in [0.29, 0.717) is 22.0 Å². The van der Waals surface area contributed by atoms with Gasteiger partial charge in [0.2, 0.25) is 0 Å². The number of benzene rings is 1. The molecular weight excluding hydrogens is 251 g/mol. The van der Waals surface area contributed by atoms with Crippen molar-refractivity contribution < 1.29 is 14.5 Å². The normalized spacial score (nSPS) is 13.5. The van der Waals surface area contributed by atoms with E-state index in [0.717, 1.165) is 16.5 Å². The van der Waals surface area contributed by atoms with Gasteiger partial charge in [-0.3, -0.25) is 0 Å². The molecule has 0 aliphatic rings. The lowest BCUT2D eigenvalue weighted by molar-refractivity contribution is 0.425. The number of allylic oxidation sites excluding steroid dienone is 2. The number of rotatable bonds is 3. The second-order valence-corrected chi connectivity index (χ2v) is 5.12. The molecule has 1 aromatic carbocycles. The highest BCUT2D eigenvalue weighted by molar-refractivity contribution is 6.64. The van der Waals surface area contributed by atoms with E-state index in [1.807, 2.05) is 25.1 Å². The van der Waals surface area contributed by atoms with Crippen LogP contribution >= 0.6 is 0 Å². The highest BCUT2D eigenvalue weighted by Crippen LogP contribution is 2.22. The maximum Gasteiger partial charge on any atom is 0.492 e. The van der Waals surface area contributed by atoms with Crippen molar-refractivity contribution in [1.82, 2.24) is 0 Å². The Balaban J connectivity index is 2.94. The first-order chi connectivity index (χ1) is 9.47. The Hall–Kier alpha value is -1.78. The molecule has 0 unspecified atom stereocenters. The summed E-state index contributed by atoms with van der Waals surface area (Å²) >= 11 is 0. The molecule has 2 N–H and O–H groups in total. The lowest BCUT2D eigenvalue weighted by atomic mass is 9.79. The van der Waals surface area contributed by atoms with E-state index < -0.39 is 7.12 Å². The fraction of sp³-hybridized carbons (Fsp3) is 0.250. The molecule has 0 amide bonds. The number of hydrogen-bond acceptors (Lipinski definition) is 3. The molecule has 0 bridgehead atoms. The molecule has 0 aliphatic carbocycles. The molecule has 0 fully saturated rings. The van der Waals surface area contributed by atoms with Crippen LogP contribution in [0.1, 0.15) is 32.3 Å². The Labute approximate surface area is 118 Å². The Morgan fingerprint density at radius 1 is 1.35 bits per heavy atom. The van der Waals surface area contributed by atoms with Crippen LogP contribution in [0.4, 0.5) is 0 Å². The molecule has 4 heteroatoms. The van der Waals surface area contributed by atoms with Gasteiger partial charge in [0.25, 0.3) is 0 Å². The Morgan fingerprint density at radius 2 is 2.05 bits per heavy atom. The van der Waals surface area contributed by atoms with Gasteiger partial charge >= 0.3 is 7.12 Å². The van der Waals surface area contributed by atoms with Gasteiger partial charge in [-0.1, -0.05) is 50.8 Å². The summed E-state index contributed by atoms with van der Waals surface area (Å²) < 4.78 is 5.90. The van der Waals surface area contributed by atoms with Crippen molar-refractivity contribution in [1.29, 1.82) is 0 Å². The summed E-state index contributed by atoms with van der Waals surface area (Å²) in [6.07, 6.45) is 3.37. The first-order valence-electron chi connectivity index (χ1n) is 6.70. The summed E-state index contributed by atoms with van der Waals surface area (Å²) in [6, 6.07) is 5.92. The molecule has 1 aromatic heterocycles. The summed E-state index contributed by atoms with van der Waals surface area (Å²) in [5.74, 6) is 0.321. The van der Waals surface area contributed by atoms with Gasteiger partial charge in [0.15, 0.2) is 0 Å². The molecule has 2 rings (SSSR count). The number of fused-ring (bicyclic) bond motifs is 1. The van der Waals surface area contributed by atoms with Crippen LogP contribution in [0.2, 0.25) is 0 Å². The summed E-state index contributed by atoms with van der Waals surface area (Å²) in [5, 5.41) is 20.6. The first kappa shape index (κ1) is 14.6. The van der Waals surface area contributed by atoms with Gasteiger partial charge in [0, 0.05) is 16.1 Å². The third-order valence-corrected chi connectivity index (χ3v) is 3.36. The predicted molar refractivity (Wildman–Crippen MR) is 83.5 cm³/mol. The lowest BCUT2D eigenvalue weighted by Gasteiger charge is -2.04. The molecule has 20 heavy (non-hydrogen) atoms. The molecular formula is C16H19BO3. The second kappa shape index (κ2) is 5.69.